The van der Waals surface area contributed by atoms with Gasteiger partial charge in [0.2, 0.25) is 5.89 Å². The van der Waals surface area contributed by atoms with Gasteiger partial charge in [-0.25, -0.2) is 4.98 Å². The Bertz CT molecular complexity index is 490. The summed E-state index contributed by atoms with van der Waals surface area (Å²) in [5.74, 6) is 1.28. The fourth-order valence-electron chi connectivity index (χ4n) is 1.75. The van der Waals surface area contributed by atoms with Crippen molar-refractivity contribution >= 4 is 11.2 Å². The molecule has 0 amide bonds. The van der Waals surface area contributed by atoms with E-state index in [0.29, 0.717) is 24.0 Å². The Morgan fingerprint density at radius 1 is 1.31 bits per heavy atom. The van der Waals surface area contributed by atoms with Crippen LogP contribution < -0.4 is 5.73 Å². The molecule has 1 atom stereocenters. The van der Waals surface area contributed by atoms with Gasteiger partial charge >= 0.3 is 0 Å². The van der Waals surface area contributed by atoms with E-state index >= 15 is 0 Å². The van der Waals surface area contributed by atoms with Crippen LogP contribution in [0.1, 0.15) is 31.4 Å². The zero-order valence-electron chi connectivity index (χ0n) is 9.90. The molecule has 2 aromatic heterocycles. The van der Waals surface area contributed by atoms with E-state index < -0.39 is 0 Å². The highest BCUT2D eigenvalue weighted by molar-refractivity contribution is 5.67. The summed E-state index contributed by atoms with van der Waals surface area (Å²) in [5, 5.41) is 0. The highest BCUT2D eigenvalue weighted by atomic mass is 16.3. The molecule has 0 bridgehead atoms. The minimum atomic E-state index is 0.162. The van der Waals surface area contributed by atoms with Crippen LogP contribution in [0.3, 0.4) is 0 Å². The molecule has 0 aliphatic carbocycles. The first-order chi connectivity index (χ1) is 7.61. The van der Waals surface area contributed by atoms with Crippen LogP contribution in [0, 0.1) is 12.8 Å². The van der Waals surface area contributed by atoms with E-state index in [0.717, 1.165) is 11.3 Å². The second kappa shape index (κ2) is 4.22. The molecule has 0 aliphatic heterocycles. The monoisotopic (exact) mass is 219 g/mol. The van der Waals surface area contributed by atoms with Crippen LogP contribution in [0.4, 0.5) is 0 Å². The van der Waals surface area contributed by atoms with Crippen molar-refractivity contribution < 1.29 is 4.42 Å². The summed E-state index contributed by atoms with van der Waals surface area (Å²) in [6, 6.07) is 3.83. The van der Waals surface area contributed by atoms with E-state index in [9.17, 15) is 0 Å². The molecule has 1 unspecified atom stereocenters. The Balaban J connectivity index is 2.45. The lowest BCUT2D eigenvalue weighted by atomic mass is 9.96. The third-order valence-electron chi connectivity index (χ3n) is 2.79. The fourth-order valence-corrected chi connectivity index (χ4v) is 1.75. The quantitative estimate of drug-likeness (QED) is 0.859. The molecule has 4 nitrogen and oxygen atoms in total. The van der Waals surface area contributed by atoms with Crippen LogP contribution in [-0.4, -0.2) is 16.5 Å². The van der Waals surface area contributed by atoms with Crippen molar-refractivity contribution in [3.05, 3.63) is 23.7 Å². The number of hydrogen-bond donors (Lipinski definition) is 1. The van der Waals surface area contributed by atoms with Crippen LogP contribution in [0.2, 0.25) is 0 Å². The molecule has 0 aromatic carbocycles. The molecule has 2 N–H and O–H groups in total. The van der Waals surface area contributed by atoms with Gasteiger partial charge in [-0.15, -0.1) is 0 Å². The smallest absolute Gasteiger partial charge is 0.201 e. The van der Waals surface area contributed by atoms with Gasteiger partial charge in [0, 0.05) is 12.2 Å². The van der Waals surface area contributed by atoms with E-state index in [-0.39, 0.29) is 5.92 Å². The molecule has 2 rings (SSSR count). The van der Waals surface area contributed by atoms with Gasteiger partial charge in [0.1, 0.15) is 0 Å². The summed E-state index contributed by atoms with van der Waals surface area (Å²) in [4.78, 5) is 8.73. The van der Waals surface area contributed by atoms with Crippen molar-refractivity contribution in [1.82, 2.24) is 9.97 Å². The van der Waals surface area contributed by atoms with Crippen LogP contribution in [0.25, 0.3) is 11.2 Å². The van der Waals surface area contributed by atoms with E-state index in [2.05, 4.69) is 23.8 Å². The molecule has 0 spiro atoms. The Morgan fingerprint density at radius 2 is 2.06 bits per heavy atom. The summed E-state index contributed by atoms with van der Waals surface area (Å²) >= 11 is 0. The number of nitrogens with zero attached hydrogens (tertiary/aromatic N) is 2. The van der Waals surface area contributed by atoms with Gasteiger partial charge in [-0.2, -0.15) is 4.98 Å². The van der Waals surface area contributed by atoms with E-state index in [1.165, 1.54) is 0 Å². The first-order valence-electron chi connectivity index (χ1n) is 5.56. The molecule has 0 saturated carbocycles. The minimum Gasteiger partial charge on any atom is -0.439 e. The number of nitrogens with two attached hydrogens (primary N) is 1. The predicted molar refractivity (Wildman–Crippen MR) is 63.2 cm³/mol. The number of fused-ring (bicyclic) bond motifs is 1. The van der Waals surface area contributed by atoms with Gasteiger partial charge < -0.3 is 10.2 Å². The van der Waals surface area contributed by atoms with Crippen molar-refractivity contribution in [2.45, 2.75) is 26.7 Å². The molecule has 16 heavy (non-hydrogen) atoms. The lowest BCUT2D eigenvalue weighted by Gasteiger charge is -2.13. The van der Waals surface area contributed by atoms with Crippen LogP contribution in [0.15, 0.2) is 16.5 Å². The summed E-state index contributed by atoms with van der Waals surface area (Å²) < 4.78 is 5.68. The van der Waals surface area contributed by atoms with Gasteiger partial charge in [0.25, 0.3) is 0 Å². The topological polar surface area (TPSA) is 64.9 Å². The highest BCUT2D eigenvalue weighted by Crippen LogP contribution is 2.25. The van der Waals surface area contributed by atoms with Gasteiger partial charge in [0.15, 0.2) is 11.2 Å². The van der Waals surface area contributed by atoms with Crippen molar-refractivity contribution in [3.8, 4) is 0 Å². The summed E-state index contributed by atoms with van der Waals surface area (Å²) in [6.07, 6.45) is 0. The third kappa shape index (κ3) is 1.93. The van der Waals surface area contributed by atoms with Crippen LogP contribution in [-0.2, 0) is 0 Å². The van der Waals surface area contributed by atoms with Crippen molar-refractivity contribution in [2.24, 2.45) is 11.7 Å². The van der Waals surface area contributed by atoms with E-state index in [4.69, 9.17) is 10.2 Å². The Hall–Kier alpha value is -1.42. The molecule has 4 heteroatoms. The van der Waals surface area contributed by atoms with Gasteiger partial charge in [-0.3, -0.25) is 0 Å². The van der Waals surface area contributed by atoms with E-state index in [1.54, 1.807) is 0 Å². The maximum atomic E-state index is 5.74. The van der Waals surface area contributed by atoms with Gasteiger partial charge in [0.05, 0.1) is 5.92 Å². The van der Waals surface area contributed by atoms with Gasteiger partial charge in [-0.1, -0.05) is 13.8 Å². The van der Waals surface area contributed by atoms with Crippen molar-refractivity contribution in [2.75, 3.05) is 6.54 Å². The first-order valence-corrected chi connectivity index (χ1v) is 5.56. The predicted octanol–water partition coefficient (Wildman–Crippen LogP) is 2.23. The molecule has 2 aromatic rings. The first kappa shape index (κ1) is 11.1. The largest absolute Gasteiger partial charge is 0.439 e. The van der Waals surface area contributed by atoms with Crippen molar-refractivity contribution in [3.63, 3.8) is 0 Å². The molecule has 2 heterocycles. The molecule has 86 valence electrons. The zero-order valence-corrected chi connectivity index (χ0v) is 9.90. The fraction of sp³-hybridized carbons (Fsp3) is 0.500. The number of aromatic nitrogens is 2. The van der Waals surface area contributed by atoms with Crippen molar-refractivity contribution in [1.29, 1.82) is 0 Å². The van der Waals surface area contributed by atoms with Crippen LogP contribution in [0.5, 0.6) is 0 Å². The average Bonchev–Trinajstić information content (AvgIpc) is 2.60. The number of pyridine rings is 1. The Kier molecular flexibility index (Phi) is 2.92. The molecule has 0 saturated heterocycles. The second-order valence-electron chi connectivity index (χ2n) is 4.41. The molecule has 0 aliphatic rings. The maximum Gasteiger partial charge on any atom is 0.201 e. The third-order valence-corrected chi connectivity index (χ3v) is 2.79. The van der Waals surface area contributed by atoms with Gasteiger partial charge in [-0.05, 0) is 25.0 Å². The average molecular weight is 219 g/mol. The standard InChI is InChI=1S/C12H17N3O/c1-7(2)9(6-13)12-15-11-10(16-12)5-4-8(3)14-11/h4-5,7,9H,6,13H2,1-3H3. The maximum absolute atomic E-state index is 5.74. The summed E-state index contributed by atoms with van der Waals surface area (Å²) in [5.41, 5.74) is 8.09. The molecule has 0 fully saturated rings. The Morgan fingerprint density at radius 3 is 2.69 bits per heavy atom. The number of oxazole rings is 1. The molecular formula is C12H17N3O. The number of rotatable bonds is 3. The molecular weight excluding hydrogens is 202 g/mol. The normalized spacial score (nSPS) is 13.6. The number of aryl methyl sites for hydroxylation is 1. The Labute approximate surface area is 94.9 Å². The van der Waals surface area contributed by atoms with E-state index in [1.807, 2.05) is 19.1 Å². The number of hydrogen-bond acceptors (Lipinski definition) is 4. The van der Waals surface area contributed by atoms with Crippen LogP contribution >= 0.6 is 0 Å². The second-order valence-corrected chi connectivity index (χ2v) is 4.41. The lowest BCUT2D eigenvalue weighted by Crippen LogP contribution is -2.18. The SMILES string of the molecule is Cc1ccc2oc(C(CN)C(C)C)nc2n1. The lowest BCUT2D eigenvalue weighted by molar-refractivity contribution is 0.400. The molecule has 0 radical (unpaired) electrons. The summed E-state index contributed by atoms with van der Waals surface area (Å²) in [6.45, 7) is 6.72. The minimum absolute atomic E-state index is 0.162. The summed E-state index contributed by atoms with van der Waals surface area (Å²) in [7, 11) is 0. The zero-order chi connectivity index (χ0) is 11.7. The highest BCUT2D eigenvalue weighted by Gasteiger charge is 2.20.